The number of benzene rings is 1. The molecule has 1 atom stereocenters. The van der Waals surface area contributed by atoms with Crippen LogP contribution in [0.25, 0.3) is 0 Å². The lowest BCUT2D eigenvalue weighted by molar-refractivity contribution is -0.130. The summed E-state index contributed by atoms with van der Waals surface area (Å²) in [5.74, 6) is -0.619. The van der Waals surface area contributed by atoms with Crippen molar-refractivity contribution < 1.29 is 9.59 Å². The fraction of sp³-hybridized carbons (Fsp3) is 0.500. The van der Waals surface area contributed by atoms with E-state index in [-0.39, 0.29) is 24.3 Å². The highest BCUT2D eigenvalue weighted by Gasteiger charge is 2.42. The quantitative estimate of drug-likeness (QED) is 0.765. The molecule has 1 amide bonds. The third-order valence-electron chi connectivity index (χ3n) is 3.83. The largest absolute Gasteiger partial charge is 0.332 e. The Labute approximate surface area is 114 Å². The summed E-state index contributed by atoms with van der Waals surface area (Å²) in [6.07, 6.45) is 0. The minimum Gasteiger partial charge on any atom is -0.332 e. The molecule has 0 spiro atoms. The molecule has 1 aromatic carbocycles. The molecule has 1 unspecified atom stereocenters. The Bertz CT molecular complexity index is 523. The molecule has 0 saturated carbocycles. The number of rotatable bonds is 2. The van der Waals surface area contributed by atoms with Crippen LogP contribution in [0.5, 0.6) is 0 Å². The lowest BCUT2D eigenvalue weighted by atomic mass is 9.88. The van der Waals surface area contributed by atoms with Gasteiger partial charge in [0.2, 0.25) is 5.91 Å². The zero-order valence-corrected chi connectivity index (χ0v) is 12.3. The van der Waals surface area contributed by atoms with Crippen LogP contribution in [0.4, 0.5) is 0 Å². The van der Waals surface area contributed by atoms with Crippen LogP contribution in [0.15, 0.2) is 12.1 Å². The zero-order chi connectivity index (χ0) is 14.3. The number of nitrogens with zero attached hydrogens (tertiary/aromatic N) is 1. The number of carbonyl (C=O) groups is 2. The fourth-order valence-corrected chi connectivity index (χ4v) is 3.01. The van der Waals surface area contributed by atoms with Crippen LogP contribution in [-0.2, 0) is 9.59 Å². The van der Waals surface area contributed by atoms with Crippen LogP contribution in [-0.4, -0.2) is 29.2 Å². The van der Waals surface area contributed by atoms with Crippen molar-refractivity contribution in [2.24, 2.45) is 0 Å². The summed E-state index contributed by atoms with van der Waals surface area (Å²) >= 11 is 0. The number of hydrogen-bond acceptors (Lipinski definition) is 2. The smallest absolute Gasteiger partial charge is 0.238 e. The van der Waals surface area contributed by atoms with E-state index in [1.807, 2.05) is 46.8 Å². The van der Waals surface area contributed by atoms with Crippen molar-refractivity contribution >= 4 is 11.7 Å². The van der Waals surface area contributed by atoms with E-state index in [0.29, 0.717) is 0 Å². The second-order valence-corrected chi connectivity index (χ2v) is 5.77. The van der Waals surface area contributed by atoms with Gasteiger partial charge in [-0.15, -0.1) is 0 Å². The van der Waals surface area contributed by atoms with E-state index in [0.717, 1.165) is 22.3 Å². The number of aryl methyl sites for hydroxylation is 3. The van der Waals surface area contributed by atoms with E-state index in [4.69, 9.17) is 0 Å². The van der Waals surface area contributed by atoms with Crippen LogP contribution >= 0.6 is 0 Å². The van der Waals surface area contributed by atoms with Gasteiger partial charge in [-0.3, -0.25) is 9.59 Å². The first-order valence-corrected chi connectivity index (χ1v) is 6.74. The van der Waals surface area contributed by atoms with Crippen LogP contribution < -0.4 is 0 Å². The summed E-state index contributed by atoms with van der Waals surface area (Å²) in [5, 5.41) is 0. The number of amides is 1. The van der Waals surface area contributed by atoms with E-state index in [2.05, 4.69) is 0 Å². The minimum atomic E-state index is -0.594. The molecule has 1 aliphatic heterocycles. The molecule has 2 rings (SSSR count). The SMILES string of the molecule is Cc1cc(C)c(C2C(=O)CN(C(C)C)C2=O)c(C)c1. The third-order valence-corrected chi connectivity index (χ3v) is 3.83. The predicted octanol–water partition coefficient (Wildman–Crippen LogP) is 2.52. The average molecular weight is 259 g/mol. The Kier molecular flexibility index (Phi) is 3.48. The zero-order valence-electron chi connectivity index (χ0n) is 12.3. The molecule has 3 heteroatoms. The van der Waals surface area contributed by atoms with Gasteiger partial charge in [0.05, 0.1) is 6.54 Å². The Morgan fingerprint density at radius 3 is 2.05 bits per heavy atom. The molecule has 0 aliphatic carbocycles. The minimum absolute atomic E-state index is 0.0220. The molecule has 1 saturated heterocycles. The maximum absolute atomic E-state index is 12.5. The molecule has 1 heterocycles. The molecule has 19 heavy (non-hydrogen) atoms. The molecule has 3 nitrogen and oxygen atoms in total. The van der Waals surface area contributed by atoms with Crippen LogP contribution in [0.2, 0.25) is 0 Å². The van der Waals surface area contributed by atoms with E-state index in [9.17, 15) is 9.59 Å². The summed E-state index contributed by atoms with van der Waals surface area (Å²) < 4.78 is 0. The number of ketones is 1. The van der Waals surface area contributed by atoms with Crippen molar-refractivity contribution in [1.82, 2.24) is 4.90 Å². The highest BCUT2D eigenvalue weighted by Crippen LogP contribution is 2.32. The maximum Gasteiger partial charge on any atom is 0.238 e. The second-order valence-electron chi connectivity index (χ2n) is 5.77. The summed E-state index contributed by atoms with van der Waals surface area (Å²) in [6.45, 7) is 10.1. The monoisotopic (exact) mass is 259 g/mol. The van der Waals surface area contributed by atoms with Gasteiger partial charge in [-0.1, -0.05) is 17.7 Å². The Morgan fingerprint density at radius 2 is 1.63 bits per heavy atom. The van der Waals surface area contributed by atoms with Crippen molar-refractivity contribution in [3.63, 3.8) is 0 Å². The van der Waals surface area contributed by atoms with Crippen molar-refractivity contribution in [2.75, 3.05) is 6.54 Å². The van der Waals surface area contributed by atoms with Crippen molar-refractivity contribution in [3.8, 4) is 0 Å². The Hall–Kier alpha value is -1.64. The molecule has 0 bridgehead atoms. The predicted molar refractivity (Wildman–Crippen MR) is 75.3 cm³/mol. The van der Waals surface area contributed by atoms with Crippen molar-refractivity contribution in [2.45, 2.75) is 46.6 Å². The van der Waals surface area contributed by atoms with Crippen molar-refractivity contribution in [3.05, 3.63) is 34.4 Å². The molecule has 102 valence electrons. The number of hydrogen-bond donors (Lipinski definition) is 0. The molecule has 1 fully saturated rings. The van der Waals surface area contributed by atoms with Crippen LogP contribution in [0, 0.1) is 20.8 Å². The number of carbonyl (C=O) groups excluding carboxylic acids is 2. The lowest BCUT2D eigenvalue weighted by Crippen LogP contribution is -2.33. The summed E-state index contributed by atoms with van der Waals surface area (Å²) in [5.41, 5.74) is 4.14. The highest BCUT2D eigenvalue weighted by atomic mass is 16.2. The molecule has 0 N–H and O–H groups in total. The number of likely N-dealkylation sites (tertiary alicyclic amines) is 1. The molecular formula is C16H21NO2. The summed E-state index contributed by atoms with van der Waals surface area (Å²) in [4.78, 5) is 26.4. The Balaban J connectivity index is 2.48. The summed E-state index contributed by atoms with van der Waals surface area (Å²) in [7, 11) is 0. The second kappa shape index (κ2) is 4.80. The van der Waals surface area contributed by atoms with E-state index < -0.39 is 5.92 Å². The molecule has 1 aliphatic rings. The summed E-state index contributed by atoms with van der Waals surface area (Å²) in [6, 6.07) is 4.16. The van der Waals surface area contributed by atoms with E-state index in [1.165, 1.54) is 0 Å². The van der Waals surface area contributed by atoms with Gasteiger partial charge in [0.15, 0.2) is 5.78 Å². The first-order chi connectivity index (χ1) is 8.82. The standard InChI is InChI=1S/C16H21NO2/c1-9(2)17-8-13(18)15(16(17)19)14-11(4)6-10(3)7-12(14)5/h6-7,9,15H,8H2,1-5H3. The first-order valence-electron chi connectivity index (χ1n) is 6.74. The lowest BCUT2D eigenvalue weighted by Gasteiger charge is -2.21. The van der Waals surface area contributed by atoms with Crippen LogP contribution in [0.3, 0.4) is 0 Å². The average Bonchev–Trinajstić information content (AvgIpc) is 2.55. The fourth-order valence-electron chi connectivity index (χ4n) is 3.01. The van der Waals surface area contributed by atoms with Gasteiger partial charge < -0.3 is 4.90 Å². The molecule has 0 aromatic heterocycles. The van der Waals surface area contributed by atoms with Gasteiger partial charge >= 0.3 is 0 Å². The van der Waals surface area contributed by atoms with Gasteiger partial charge in [-0.2, -0.15) is 0 Å². The normalized spacial score (nSPS) is 19.7. The van der Waals surface area contributed by atoms with Gasteiger partial charge in [-0.05, 0) is 51.3 Å². The van der Waals surface area contributed by atoms with Gasteiger partial charge in [0.1, 0.15) is 5.92 Å². The van der Waals surface area contributed by atoms with Crippen LogP contribution in [0.1, 0.15) is 42.0 Å². The van der Waals surface area contributed by atoms with Gasteiger partial charge in [0, 0.05) is 6.04 Å². The van der Waals surface area contributed by atoms with Gasteiger partial charge in [0.25, 0.3) is 0 Å². The topological polar surface area (TPSA) is 37.4 Å². The van der Waals surface area contributed by atoms with E-state index in [1.54, 1.807) is 4.90 Å². The molecule has 1 aromatic rings. The molecular weight excluding hydrogens is 238 g/mol. The number of Topliss-reactive ketones (excluding diaryl/α,β-unsaturated/α-hetero) is 1. The first kappa shape index (κ1) is 13.8. The highest BCUT2D eigenvalue weighted by molar-refractivity contribution is 6.13. The third kappa shape index (κ3) is 2.29. The Morgan fingerprint density at radius 1 is 1.11 bits per heavy atom. The maximum atomic E-state index is 12.5. The van der Waals surface area contributed by atoms with E-state index >= 15 is 0 Å². The van der Waals surface area contributed by atoms with Crippen molar-refractivity contribution in [1.29, 1.82) is 0 Å². The molecule has 0 radical (unpaired) electrons. The van der Waals surface area contributed by atoms with Gasteiger partial charge in [-0.25, -0.2) is 0 Å².